The van der Waals surface area contributed by atoms with E-state index in [-0.39, 0.29) is 30.8 Å². The number of halogens is 3. The molecule has 0 unspecified atom stereocenters. The van der Waals surface area contributed by atoms with Crippen molar-refractivity contribution in [1.29, 1.82) is 0 Å². The van der Waals surface area contributed by atoms with Crippen LogP contribution in [0, 0.1) is 0 Å². The number of alkyl halides is 3. The molecule has 0 spiro atoms. The molecular weight excluding hydrogens is 487 g/mol. The Bertz CT molecular complexity index is 1300. The highest BCUT2D eigenvalue weighted by Gasteiger charge is 2.34. The largest absolute Gasteiger partial charge is 0.573 e. The normalized spacial score (nSPS) is 15.6. The number of nitrogens with one attached hydrogen (secondary N) is 1. The van der Waals surface area contributed by atoms with E-state index in [0.29, 0.717) is 28.9 Å². The van der Waals surface area contributed by atoms with Crippen LogP contribution in [-0.4, -0.2) is 51.6 Å². The van der Waals surface area contributed by atoms with Crippen molar-refractivity contribution in [2.45, 2.75) is 45.1 Å². The van der Waals surface area contributed by atoms with E-state index in [1.807, 2.05) is 55.7 Å². The van der Waals surface area contributed by atoms with Gasteiger partial charge in [-0.1, -0.05) is 42.5 Å². The number of aromatic nitrogens is 1. The van der Waals surface area contributed by atoms with Crippen LogP contribution < -0.4 is 10.1 Å². The molecule has 1 aromatic heterocycles. The molecular formula is C27H28F3N3O4. The monoisotopic (exact) mass is 515 g/mol. The molecule has 3 aromatic rings. The highest BCUT2D eigenvalue weighted by molar-refractivity contribution is 5.98. The number of fused-ring (bicyclic) bond motifs is 1. The van der Waals surface area contributed by atoms with Crippen LogP contribution in [0.5, 0.6) is 5.75 Å². The van der Waals surface area contributed by atoms with Crippen LogP contribution in [0.4, 0.5) is 18.0 Å². The van der Waals surface area contributed by atoms with Gasteiger partial charge in [0, 0.05) is 24.2 Å². The fourth-order valence-electron chi connectivity index (χ4n) is 4.67. The summed E-state index contributed by atoms with van der Waals surface area (Å²) >= 11 is 0. The van der Waals surface area contributed by atoms with Crippen LogP contribution in [-0.2, 0) is 0 Å². The molecule has 10 heteroatoms. The lowest BCUT2D eigenvalue weighted by atomic mass is 10.0. The maximum absolute atomic E-state index is 12.9. The summed E-state index contributed by atoms with van der Waals surface area (Å²) in [4.78, 5) is 26.1. The van der Waals surface area contributed by atoms with Gasteiger partial charge in [0.05, 0.1) is 11.7 Å². The molecule has 196 valence electrons. The SMILES string of the molecule is CC(C)(C)N(CC[C@H]1CNC(=O)c2cc(-c3cccc(OC(F)(F)F)c3)c(-c3ccccc3)n21)C(=O)O. The second-order valence-electron chi connectivity index (χ2n) is 9.86. The number of carbonyl (C=O) groups is 2. The maximum atomic E-state index is 12.9. The number of hydrogen-bond donors (Lipinski definition) is 2. The topological polar surface area (TPSA) is 83.8 Å². The lowest BCUT2D eigenvalue weighted by Gasteiger charge is -2.36. The van der Waals surface area contributed by atoms with Crippen molar-refractivity contribution in [3.63, 3.8) is 0 Å². The summed E-state index contributed by atoms with van der Waals surface area (Å²) in [7, 11) is 0. The van der Waals surface area contributed by atoms with E-state index in [2.05, 4.69) is 10.1 Å². The Morgan fingerprint density at radius 2 is 1.76 bits per heavy atom. The maximum Gasteiger partial charge on any atom is 0.573 e. The van der Waals surface area contributed by atoms with Gasteiger partial charge in [-0.15, -0.1) is 13.2 Å². The van der Waals surface area contributed by atoms with E-state index in [9.17, 15) is 27.9 Å². The number of benzene rings is 2. The van der Waals surface area contributed by atoms with Gasteiger partial charge < -0.3 is 24.6 Å². The zero-order valence-corrected chi connectivity index (χ0v) is 20.7. The number of amides is 2. The van der Waals surface area contributed by atoms with Gasteiger partial charge >= 0.3 is 12.5 Å². The van der Waals surface area contributed by atoms with Gasteiger partial charge in [0.2, 0.25) is 0 Å². The van der Waals surface area contributed by atoms with Crippen LogP contribution in [0.3, 0.4) is 0 Å². The van der Waals surface area contributed by atoms with Crippen molar-refractivity contribution in [3.8, 4) is 28.1 Å². The lowest BCUT2D eigenvalue weighted by molar-refractivity contribution is -0.274. The number of hydrogen-bond acceptors (Lipinski definition) is 3. The van der Waals surface area contributed by atoms with Gasteiger partial charge in [-0.3, -0.25) is 4.79 Å². The van der Waals surface area contributed by atoms with Crippen LogP contribution in [0.2, 0.25) is 0 Å². The first kappa shape index (κ1) is 26.1. The molecule has 0 saturated heterocycles. The molecule has 4 rings (SSSR count). The molecule has 2 aromatic carbocycles. The third-order valence-electron chi connectivity index (χ3n) is 6.29. The molecule has 37 heavy (non-hydrogen) atoms. The van der Waals surface area contributed by atoms with E-state index in [1.165, 1.54) is 23.1 Å². The van der Waals surface area contributed by atoms with Crippen LogP contribution in [0.25, 0.3) is 22.4 Å². The van der Waals surface area contributed by atoms with Gasteiger partial charge in [-0.25, -0.2) is 4.79 Å². The number of rotatable bonds is 6. The van der Waals surface area contributed by atoms with Crippen molar-refractivity contribution in [2.24, 2.45) is 0 Å². The predicted molar refractivity (Wildman–Crippen MR) is 132 cm³/mol. The zero-order valence-electron chi connectivity index (χ0n) is 20.7. The molecule has 0 aliphatic carbocycles. The van der Waals surface area contributed by atoms with Crippen molar-refractivity contribution >= 4 is 12.0 Å². The van der Waals surface area contributed by atoms with Crippen LogP contribution in [0.1, 0.15) is 43.7 Å². The summed E-state index contributed by atoms with van der Waals surface area (Å²) in [5.74, 6) is -0.676. The summed E-state index contributed by atoms with van der Waals surface area (Å²) in [6.07, 6.45) is -5.46. The Labute approximate surface area is 212 Å². The van der Waals surface area contributed by atoms with Gasteiger partial charge in [-0.2, -0.15) is 0 Å². The third kappa shape index (κ3) is 5.73. The number of carbonyl (C=O) groups excluding carboxylic acids is 1. The Kier molecular flexibility index (Phi) is 6.94. The van der Waals surface area contributed by atoms with Gasteiger partial charge in [0.15, 0.2) is 0 Å². The molecule has 2 N–H and O–H groups in total. The quantitative estimate of drug-likeness (QED) is 0.411. The van der Waals surface area contributed by atoms with E-state index in [4.69, 9.17) is 0 Å². The number of nitrogens with zero attached hydrogens (tertiary/aromatic N) is 2. The second kappa shape index (κ2) is 9.84. The second-order valence-corrected chi connectivity index (χ2v) is 9.86. The van der Waals surface area contributed by atoms with Crippen LogP contribution >= 0.6 is 0 Å². The average Bonchev–Trinajstić information content (AvgIpc) is 3.21. The van der Waals surface area contributed by atoms with Crippen molar-refractivity contribution in [3.05, 3.63) is 66.4 Å². The van der Waals surface area contributed by atoms with Gasteiger partial charge in [0.25, 0.3) is 5.91 Å². The van der Waals surface area contributed by atoms with E-state index < -0.39 is 18.0 Å². The standard InChI is InChI=1S/C27H28F3N3O4/c1-26(2,3)32(25(35)36)13-12-19-16-31-24(34)22-15-21(23(33(19)22)17-8-5-4-6-9-17)18-10-7-11-20(14-18)37-27(28,29)30/h4-11,14-15,19H,12-13,16H2,1-3H3,(H,31,34)(H,35,36)/t19-/m0/s1. The fourth-order valence-corrected chi connectivity index (χ4v) is 4.67. The lowest BCUT2D eigenvalue weighted by Crippen LogP contribution is -2.47. The number of carboxylic acid groups (broad SMARTS) is 1. The first-order chi connectivity index (χ1) is 17.3. The van der Waals surface area contributed by atoms with E-state index in [0.717, 1.165) is 5.56 Å². The highest BCUT2D eigenvalue weighted by Crippen LogP contribution is 2.40. The molecule has 7 nitrogen and oxygen atoms in total. The molecule has 1 atom stereocenters. The summed E-state index contributed by atoms with van der Waals surface area (Å²) in [5.41, 5.74) is 2.20. The van der Waals surface area contributed by atoms with Crippen LogP contribution in [0.15, 0.2) is 60.7 Å². The minimum atomic E-state index is -4.84. The van der Waals surface area contributed by atoms with E-state index >= 15 is 0 Å². The predicted octanol–water partition coefficient (Wildman–Crippen LogP) is 6.17. The molecule has 2 amide bonds. The summed E-state index contributed by atoms with van der Waals surface area (Å²) in [6, 6.07) is 16.3. The van der Waals surface area contributed by atoms with Crippen molar-refractivity contribution < 1.29 is 32.6 Å². The fraction of sp³-hybridized carbons (Fsp3) is 0.333. The Morgan fingerprint density at radius 3 is 2.38 bits per heavy atom. The molecule has 0 bridgehead atoms. The van der Waals surface area contributed by atoms with E-state index in [1.54, 1.807) is 12.1 Å². The Balaban J connectivity index is 1.83. The Morgan fingerprint density at radius 1 is 1.08 bits per heavy atom. The number of ether oxygens (including phenoxy) is 1. The molecule has 0 fully saturated rings. The molecule has 2 heterocycles. The smallest absolute Gasteiger partial charge is 0.465 e. The summed E-state index contributed by atoms with van der Waals surface area (Å²) < 4.78 is 44.6. The minimum Gasteiger partial charge on any atom is -0.465 e. The minimum absolute atomic E-state index is 0.232. The Hall–Kier alpha value is -3.95. The highest BCUT2D eigenvalue weighted by atomic mass is 19.4. The van der Waals surface area contributed by atoms with Gasteiger partial charge in [-0.05, 0) is 56.5 Å². The molecule has 1 aliphatic rings. The molecule has 1 aliphatic heterocycles. The summed E-state index contributed by atoms with van der Waals surface area (Å²) in [5, 5.41) is 12.6. The molecule has 0 saturated carbocycles. The van der Waals surface area contributed by atoms with Crippen molar-refractivity contribution in [2.75, 3.05) is 13.1 Å². The van der Waals surface area contributed by atoms with Gasteiger partial charge in [0.1, 0.15) is 11.4 Å². The average molecular weight is 516 g/mol. The first-order valence-corrected chi connectivity index (χ1v) is 11.8. The molecule has 0 radical (unpaired) electrons. The third-order valence-corrected chi connectivity index (χ3v) is 6.29. The summed E-state index contributed by atoms with van der Waals surface area (Å²) in [6.45, 7) is 5.96. The van der Waals surface area contributed by atoms with Crippen molar-refractivity contribution in [1.82, 2.24) is 14.8 Å². The zero-order chi connectivity index (χ0) is 27.0. The first-order valence-electron chi connectivity index (χ1n) is 11.8.